The largest absolute Gasteiger partial charge is 0.444 e. The van der Waals surface area contributed by atoms with Gasteiger partial charge in [0.15, 0.2) is 0 Å². The number of aromatic nitrogens is 2. The second kappa shape index (κ2) is 7.31. The molecule has 0 spiro atoms. The van der Waals surface area contributed by atoms with Crippen LogP contribution in [0.3, 0.4) is 0 Å². The van der Waals surface area contributed by atoms with Gasteiger partial charge in [0, 0.05) is 15.7 Å². The molecule has 3 rings (SSSR count). The molecule has 0 bridgehead atoms. The van der Waals surface area contributed by atoms with Gasteiger partial charge in [-0.1, -0.05) is 0 Å². The number of carbonyl (C=O) groups excluding carboxylic acids is 1. The summed E-state index contributed by atoms with van der Waals surface area (Å²) < 4.78 is 12.6. The van der Waals surface area contributed by atoms with E-state index in [1.807, 2.05) is 45.0 Å². The molecule has 0 saturated carbocycles. The first-order valence-corrected chi connectivity index (χ1v) is 9.50. The summed E-state index contributed by atoms with van der Waals surface area (Å²) in [6.45, 7) is 6.24. The molecule has 0 aliphatic carbocycles. The predicted octanol–water partition coefficient (Wildman–Crippen LogP) is 4.80. The first-order chi connectivity index (χ1) is 11.8. The van der Waals surface area contributed by atoms with Crippen LogP contribution in [0.5, 0.6) is 0 Å². The summed E-state index contributed by atoms with van der Waals surface area (Å²) in [7, 11) is 0. The molecule has 1 aromatic carbocycles. The van der Waals surface area contributed by atoms with Crippen molar-refractivity contribution >= 4 is 28.7 Å². The van der Waals surface area contributed by atoms with Crippen LogP contribution in [-0.2, 0) is 4.74 Å². The second-order valence-electron chi connectivity index (χ2n) is 7.14. The van der Waals surface area contributed by atoms with E-state index < -0.39 is 5.60 Å². The summed E-state index contributed by atoms with van der Waals surface area (Å²) in [4.78, 5) is 14.2. The highest BCUT2D eigenvalue weighted by Gasteiger charge is 2.34. The van der Waals surface area contributed by atoms with Gasteiger partial charge in [0.1, 0.15) is 11.6 Å². The number of hydrogen-bond donors (Lipinski definition) is 0. The molecule has 2 heterocycles. The van der Waals surface area contributed by atoms with Crippen LogP contribution >= 0.6 is 22.6 Å². The Bertz CT molecular complexity index is 737. The normalized spacial score (nSPS) is 18.2. The molecule has 1 amide bonds. The molecule has 1 aliphatic heterocycles. The Balaban J connectivity index is 1.81. The molecule has 1 atom stereocenters. The van der Waals surface area contributed by atoms with Gasteiger partial charge in [-0.3, -0.25) is 4.90 Å². The summed E-state index contributed by atoms with van der Waals surface area (Å²) in [6.07, 6.45) is 2.44. The van der Waals surface area contributed by atoms with E-state index in [4.69, 9.17) is 9.15 Å². The fourth-order valence-electron chi connectivity index (χ4n) is 2.81. The molecular weight excluding hydrogens is 433 g/mol. The summed E-state index contributed by atoms with van der Waals surface area (Å²) in [5, 5.41) is 8.36. The zero-order chi connectivity index (χ0) is 18.0. The van der Waals surface area contributed by atoms with E-state index in [-0.39, 0.29) is 12.1 Å². The van der Waals surface area contributed by atoms with Gasteiger partial charge in [-0.25, -0.2) is 4.79 Å². The van der Waals surface area contributed by atoms with Crippen molar-refractivity contribution in [1.82, 2.24) is 15.1 Å². The molecule has 1 fully saturated rings. The van der Waals surface area contributed by atoms with E-state index in [0.717, 1.165) is 28.4 Å². The summed E-state index contributed by atoms with van der Waals surface area (Å²) in [5.41, 5.74) is 0.346. The van der Waals surface area contributed by atoms with Crippen molar-refractivity contribution < 1.29 is 13.9 Å². The van der Waals surface area contributed by atoms with Crippen molar-refractivity contribution in [1.29, 1.82) is 0 Å². The van der Waals surface area contributed by atoms with Gasteiger partial charge in [-0.2, -0.15) is 0 Å². The Morgan fingerprint density at radius 2 is 1.96 bits per heavy atom. The van der Waals surface area contributed by atoms with Gasteiger partial charge < -0.3 is 9.15 Å². The maximum absolute atomic E-state index is 12.5. The number of halogens is 1. The first kappa shape index (κ1) is 18.2. The Labute approximate surface area is 161 Å². The lowest BCUT2D eigenvalue weighted by atomic mass is 10.0. The smallest absolute Gasteiger partial charge is 0.410 e. The van der Waals surface area contributed by atoms with E-state index in [0.29, 0.717) is 18.3 Å². The van der Waals surface area contributed by atoms with Crippen LogP contribution in [0.4, 0.5) is 4.79 Å². The predicted molar refractivity (Wildman–Crippen MR) is 102 cm³/mol. The third kappa shape index (κ3) is 4.50. The molecular formula is C18H22IN3O3. The van der Waals surface area contributed by atoms with Gasteiger partial charge in [0.2, 0.25) is 11.8 Å². The maximum atomic E-state index is 12.5. The van der Waals surface area contributed by atoms with Crippen LogP contribution in [0.25, 0.3) is 11.5 Å². The monoisotopic (exact) mass is 455 g/mol. The van der Waals surface area contributed by atoms with Gasteiger partial charge >= 0.3 is 6.09 Å². The van der Waals surface area contributed by atoms with Gasteiger partial charge in [0.05, 0.1) is 0 Å². The number of carbonyl (C=O) groups is 1. The zero-order valence-electron chi connectivity index (χ0n) is 14.7. The van der Waals surface area contributed by atoms with Crippen LogP contribution in [0, 0.1) is 3.57 Å². The minimum absolute atomic E-state index is 0.228. The Hall–Kier alpha value is -1.64. The maximum Gasteiger partial charge on any atom is 0.410 e. The minimum Gasteiger partial charge on any atom is -0.444 e. The van der Waals surface area contributed by atoms with Crippen molar-refractivity contribution in [2.45, 2.75) is 51.7 Å². The second-order valence-corrected chi connectivity index (χ2v) is 8.38. The lowest BCUT2D eigenvalue weighted by Crippen LogP contribution is -2.42. The van der Waals surface area contributed by atoms with Gasteiger partial charge in [-0.05, 0) is 86.9 Å². The fourth-order valence-corrected chi connectivity index (χ4v) is 3.17. The van der Waals surface area contributed by atoms with E-state index >= 15 is 0 Å². The summed E-state index contributed by atoms with van der Waals surface area (Å²) >= 11 is 2.25. The van der Waals surface area contributed by atoms with Crippen LogP contribution in [0.2, 0.25) is 0 Å². The fraction of sp³-hybridized carbons (Fsp3) is 0.500. The molecule has 0 radical (unpaired) electrons. The Kier molecular flexibility index (Phi) is 5.31. The van der Waals surface area contributed by atoms with Crippen LogP contribution < -0.4 is 0 Å². The molecule has 1 saturated heterocycles. The number of likely N-dealkylation sites (tertiary alicyclic amines) is 1. The standard InChI is InChI=1S/C18H22IN3O3/c1-18(2,3)25-17(23)22-11-5-4-6-14(22)16-21-20-15(24-16)12-7-9-13(19)10-8-12/h7-10,14H,4-6,11H2,1-3H3/t14-/m0/s1. The number of piperidine rings is 1. The number of benzene rings is 1. The third-order valence-corrected chi connectivity index (χ3v) is 4.67. The van der Waals surface area contributed by atoms with E-state index in [1.165, 1.54) is 0 Å². The number of ether oxygens (including phenoxy) is 1. The molecule has 1 aromatic heterocycles. The lowest BCUT2D eigenvalue weighted by Gasteiger charge is -2.34. The van der Waals surface area contributed by atoms with Crippen molar-refractivity contribution in [2.24, 2.45) is 0 Å². The average Bonchev–Trinajstić information content (AvgIpc) is 3.04. The number of rotatable bonds is 2. The van der Waals surface area contributed by atoms with E-state index in [9.17, 15) is 4.79 Å². The van der Waals surface area contributed by atoms with Crippen LogP contribution in [0.1, 0.15) is 52.0 Å². The van der Waals surface area contributed by atoms with Crippen molar-refractivity contribution in [3.05, 3.63) is 33.7 Å². The molecule has 2 aromatic rings. The van der Waals surface area contributed by atoms with E-state index in [1.54, 1.807) is 4.90 Å². The topological polar surface area (TPSA) is 68.5 Å². The highest BCUT2D eigenvalue weighted by atomic mass is 127. The third-order valence-electron chi connectivity index (χ3n) is 3.95. The van der Waals surface area contributed by atoms with E-state index in [2.05, 4.69) is 32.8 Å². The Morgan fingerprint density at radius 1 is 1.24 bits per heavy atom. The highest BCUT2D eigenvalue weighted by Crippen LogP contribution is 2.33. The lowest BCUT2D eigenvalue weighted by molar-refractivity contribution is 0.00615. The van der Waals surface area contributed by atoms with Crippen LogP contribution in [0.15, 0.2) is 28.7 Å². The van der Waals surface area contributed by atoms with Crippen molar-refractivity contribution in [3.63, 3.8) is 0 Å². The van der Waals surface area contributed by atoms with Crippen LogP contribution in [-0.4, -0.2) is 33.3 Å². The number of hydrogen-bond acceptors (Lipinski definition) is 5. The Morgan fingerprint density at radius 3 is 2.64 bits per heavy atom. The average molecular weight is 455 g/mol. The first-order valence-electron chi connectivity index (χ1n) is 8.42. The number of nitrogens with zero attached hydrogens (tertiary/aromatic N) is 3. The molecule has 0 N–H and O–H groups in total. The minimum atomic E-state index is -0.528. The molecule has 134 valence electrons. The highest BCUT2D eigenvalue weighted by molar-refractivity contribution is 14.1. The molecule has 25 heavy (non-hydrogen) atoms. The summed E-state index contributed by atoms with van der Waals surface area (Å²) in [5.74, 6) is 0.945. The van der Waals surface area contributed by atoms with Crippen molar-refractivity contribution in [2.75, 3.05) is 6.54 Å². The number of amides is 1. The molecule has 6 nitrogen and oxygen atoms in total. The zero-order valence-corrected chi connectivity index (χ0v) is 16.8. The van der Waals surface area contributed by atoms with Crippen molar-refractivity contribution in [3.8, 4) is 11.5 Å². The quantitative estimate of drug-likeness (QED) is 0.609. The van der Waals surface area contributed by atoms with Gasteiger partial charge in [0.25, 0.3) is 0 Å². The molecule has 0 unspecified atom stereocenters. The molecule has 7 heteroatoms. The SMILES string of the molecule is CC(C)(C)OC(=O)N1CCCC[C@H]1c1nnc(-c2ccc(I)cc2)o1. The van der Waals surface area contributed by atoms with Gasteiger partial charge in [-0.15, -0.1) is 10.2 Å². The molecule has 1 aliphatic rings. The summed E-state index contributed by atoms with van der Waals surface area (Å²) in [6, 6.07) is 7.66.